The first kappa shape index (κ1) is 19.8. The highest BCUT2D eigenvalue weighted by Gasteiger charge is 2.40. The molecule has 5 rings (SSSR count). The second-order valence-electron chi connectivity index (χ2n) is 8.24. The SMILES string of the molecule is CC(=O)NC1C[C@H]2CC[C@H](C1)N2Cc1ccc(Oc2nc3c(Cl)cccc3s2)cc1. The summed E-state index contributed by atoms with van der Waals surface area (Å²) in [6.45, 7) is 2.56. The van der Waals surface area contributed by atoms with E-state index < -0.39 is 0 Å². The van der Waals surface area contributed by atoms with E-state index in [4.69, 9.17) is 16.3 Å². The van der Waals surface area contributed by atoms with Crippen molar-refractivity contribution in [2.75, 3.05) is 0 Å². The lowest BCUT2D eigenvalue weighted by atomic mass is 9.96. The maximum absolute atomic E-state index is 11.4. The molecule has 2 aliphatic rings. The average molecular weight is 442 g/mol. The van der Waals surface area contributed by atoms with Gasteiger partial charge < -0.3 is 10.1 Å². The van der Waals surface area contributed by atoms with E-state index in [1.807, 2.05) is 30.3 Å². The lowest BCUT2D eigenvalue weighted by Gasteiger charge is -2.39. The summed E-state index contributed by atoms with van der Waals surface area (Å²) in [5, 5.41) is 4.36. The van der Waals surface area contributed by atoms with E-state index in [2.05, 4.69) is 27.3 Å². The fourth-order valence-electron chi connectivity index (χ4n) is 4.85. The Bertz CT molecular complexity index is 1050. The van der Waals surface area contributed by atoms with Crippen LogP contribution in [0.1, 0.15) is 38.2 Å². The van der Waals surface area contributed by atoms with Gasteiger partial charge >= 0.3 is 0 Å². The molecule has 2 aliphatic heterocycles. The Hall–Kier alpha value is -2.15. The number of benzene rings is 2. The Morgan fingerprint density at radius 2 is 1.93 bits per heavy atom. The molecule has 2 saturated heterocycles. The van der Waals surface area contributed by atoms with Crippen LogP contribution in [-0.2, 0) is 11.3 Å². The zero-order valence-corrected chi connectivity index (χ0v) is 18.4. The van der Waals surface area contributed by atoms with E-state index in [1.165, 1.54) is 29.7 Å². The van der Waals surface area contributed by atoms with Crippen LogP contribution < -0.4 is 10.1 Å². The summed E-state index contributed by atoms with van der Waals surface area (Å²) in [7, 11) is 0. The van der Waals surface area contributed by atoms with Gasteiger partial charge in [-0.25, -0.2) is 4.98 Å². The monoisotopic (exact) mass is 441 g/mol. The number of ether oxygens (including phenoxy) is 1. The molecule has 2 atom stereocenters. The Morgan fingerprint density at radius 3 is 2.60 bits per heavy atom. The molecule has 7 heteroatoms. The molecule has 1 N–H and O–H groups in total. The van der Waals surface area contributed by atoms with E-state index in [1.54, 1.807) is 6.92 Å². The number of thiazole rings is 1. The highest BCUT2D eigenvalue weighted by Crippen LogP contribution is 2.38. The summed E-state index contributed by atoms with van der Waals surface area (Å²) >= 11 is 7.71. The van der Waals surface area contributed by atoms with Crippen LogP contribution in [0.2, 0.25) is 5.02 Å². The first-order chi connectivity index (χ1) is 14.5. The maximum Gasteiger partial charge on any atom is 0.279 e. The number of para-hydroxylation sites is 1. The lowest BCUT2D eigenvalue weighted by molar-refractivity contribution is -0.120. The highest BCUT2D eigenvalue weighted by molar-refractivity contribution is 7.20. The number of nitrogens with zero attached hydrogens (tertiary/aromatic N) is 2. The van der Waals surface area contributed by atoms with Crippen LogP contribution in [0.25, 0.3) is 10.2 Å². The minimum atomic E-state index is 0.0823. The molecular formula is C23H24ClN3O2S. The molecular weight excluding hydrogens is 418 g/mol. The summed E-state index contributed by atoms with van der Waals surface area (Å²) in [4.78, 5) is 18.5. The molecule has 2 aromatic carbocycles. The third-order valence-corrected chi connectivity index (χ3v) is 7.34. The summed E-state index contributed by atoms with van der Waals surface area (Å²) in [5.74, 6) is 0.861. The molecule has 156 valence electrons. The molecule has 1 aromatic heterocycles. The second kappa shape index (κ2) is 8.17. The van der Waals surface area contributed by atoms with Gasteiger partial charge in [-0.3, -0.25) is 9.69 Å². The van der Waals surface area contributed by atoms with Crippen LogP contribution in [-0.4, -0.2) is 33.9 Å². The third kappa shape index (κ3) is 4.04. The number of nitrogens with one attached hydrogen (secondary N) is 1. The van der Waals surface area contributed by atoms with E-state index in [-0.39, 0.29) is 5.91 Å². The normalized spacial score (nSPS) is 23.6. The van der Waals surface area contributed by atoms with Gasteiger partial charge in [0.2, 0.25) is 5.91 Å². The van der Waals surface area contributed by atoms with Crippen molar-refractivity contribution in [1.82, 2.24) is 15.2 Å². The quantitative estimate of drug-likeness (QED) is 0.578. The van der Waals surface area contributed by atoms with Crippen molar-refractivity contribution in [1.29, 1.82) is 0 Å². The predicted octanol–water partition coefficient (Wildman–Crippen LogP) is 5.37. The Morgan fingerprint density at radius 1 is 1.20 bits per heavy atom. The number of hydrogen-bond acceptors (Lipinski definition) is 5. The highest BCUT2D eigenvalue weighted by atomic mass is 35.5. The molecule has 0 saturated carbocycles. The van der Waals surface area contributed by atoms with E-state index in [0.29, 0.717) is 28.3 Å². The molecule has 3 aromatic rings. The molecule has 0 spiro atoms. The smallest absolute Gasteiger partial charge is 0.279 e. The summed E-state index contributed by atoms with van der Waals surface area (Å²) in [5.41, 5.74) is 2.07. The second-order valence-corrected chi connectivity index (χ2v) is 9.64. The van der Waals surface area contributed by atoms with Crippen molar-refractivity contribution in [2.45, 2.75) is 57.3 Å². The molecule has 0 radical (unpaired) electrons. The lowest BCUT2D eigenvalue weighted by Crippen LogP contribution is -2.49. The minimum Gasteiger partial charge on any atom is -0.431 e. The molecule has 0 aliphatic carbocycles. The minimum absolute atomic E-state index is 0.0823. The van der Waals surface area contributed by atoms with E-state index in [9.17, 15) is 4.79 Å². The fraction of sp³-hybridized carbons (Fsp3) is 0.391. The Kier molecular flexibility index (Phi) is 5.39. The van der Waals surface area contributed by atoms with Crippen molar-refractivity contribution in [3.8, 4) is 10.9 Å². The fourth-order valence-corrected chi connectivity index (χ4v) is 5.99. The number of aromatic nitrogens is 1. The zero-order chi connectivity index (χ0) is 20.7. The standard InChI is InChI=1S/C23H24ClN3O2S/c1-14(28)25-16-11-17-7-8-18(12-16)27(17)13-15-5-9-19(10-6-15)29-23-26-22-20(24)3-2-4-21(22)30-23/h2-6,9-10,16-18H,7-8,11-13H2,1H3,(H,25,28)/t17-,18-/m1/s1. The summed E-state index contributed by atoms with van der Waals surface area (Å²) < 4.78 is 6.98. The van der Waals surface area contributed by atoms with Crippen LogP contribution in [0.3, 0.4) is 0 Å². The van der Waals surface area contributed by atoms with Gasteiger partial charge in [-0.2, -0.15) is 0 Å². The number of hydrogen-bond donors (Lipinski definition) is 1. The molecule has 2 bridgehead atoms. The Labute approximate surface area is 185 Å². The van der Waals surface area contributed by atoms with Crippen molar-refractivity contribution in [3.63, 3.8) is 0 Å². The molecule has 5 nitrogen and oxygen atoms in total. The van der Waals surface area contributed by atoms with Gasteiger partial charge in [-0.1, -0.05) is 41.1 Å². The number of rotatable bonds is 5. The van der Waals surface area contributed by atoms with Gasteiger partial charge in [0.15, 0.2) is 0 Å². The first-order valence-corrected chi connectivity index (χ1v) is 11.6. The van der Waals surface area contributed by atoms with Gasteiger partial charge in [0.25, 0.3) is 5.19 Å². The van der Waals surface area contributed by atoms with Gasteiger partial charge in [0, 0.05) is 31.6 Å². The van der Waals surface area contributed by atoms with Crippen LogP contribution in [0.5, 0.6) is 10.9 Å². The zero-order valence-electron chi connectivity index (χ0n) is 16.8. The van der Waals surface area contributed by atoms with Crippen LogP contribution >= 0.6 is 22.9 Å². The molecule has 0 unspecified atom stereocenters. The molecule has 1 amide bonds. The predicted molar refractivity (Wildman–Crippen MR) is 120 cm³/mol. The average Bonchev–Trinajstić information content (AvgIpc) is 3.21. The number of piperidine rings is 1. The molecule has 3 heterocycles. The number of carbonyl (C=O) groups is 1. The van der Waals surface area contributed by atoms with Crippen molar-refractivity contribution in [3.05, 3.63) is 53.1 Å². The number of amides is 1. The van der Waals surface area contributed by atoms with Gasteiger partial charge in [0.05, 0.1) is 9.72 Å². The molecule has 2 fully saturated rings. The molecule has 30 heavy (non-hydrogen) atoms. The summed E-state index contributed by atoms with van der Waals surface area (Å²) in [6.07, 6.45) is 4.55. The largest absolute Gasteiger partial charge is 0.431 e. The van der Waals surface area contributed by atoms with Crippen LogP contribution in [0.15, 0.2) is 42.5 Å². The maximum atomic E-state index is 11.4. The van der Waals surface area contributed by atoms with Crippen molar-refractivity contribution >= 4 is 39.1 Å². The van der Waals surface area contributed by atoms with E-state index in [0.717, 1.165) is 35.4 Å². The third-order valence-electron chi connectivity index (χ3n) is 6.14. The van der Waals surface area contributed by atoms with Crippen molar-refractivity contribution in [2.24, 2.45) is 0 Å². The summed E-state index contributed by atoms with van der Waals surface area (Å²) in [6, 6.07) is 15.5. The van der Waals surface area contributed by atoms with Crippen LogP contribution in [0, 0.1) is 0 Å². The van der Waals surface area contributed by atoms with Gasteiger partial charge in [0.1, 0.15) is 11.3 Å². The van der Waals surface area contributed by atoms with E-state index >= 15 is 0 Å². The first-order valence-electron chi connectivity index (χ1n) is 10.4. The van der Waals surface area contributed by atoms with Crippen LogP contribution in [0.4, 0.5) is 0 Å². The topological polar surface area (TPSA) is 54.5 Å². The van der Waals surface area contributed by atoms with Gasteiger partial charge in [-0.05, 0) is 55.5 Å². The number of carbonyl (C=O) groups excluding carboxylic acids is 1. The number of fused-ring (bicyclic) bond motifs is 3. The van der Waals surface area contributed by atoms with Gasteiger partial charge in [-0.15, -0.1) is 0 Å². The van der Waals surface area contributed by atoms with Crippen molar-refractivity contribution < 1.29 is 9.53 Å². The number of halogens is 1. The Balaban J connectivity index is 1.23.